The number of aromatic nitrogens is 2. The van der Waals surface area contributed by atoms with Gasteiger partial charge in [0.05, 0.1) is 19.3 Å². The van der Waals surface area contributed by atoms with Crippen molar-refractivity contribution in [3.8, 4) is 5.75 Å². The van der Waals surface area contributed by atoms with Crippen LogP contribution in [-0.4, -0.2) is 64.4 Å². The number of fused-ring (bicyclic) bond motifs is 1. The first-order valence-electron chi connectivity index (χ1n) is 9.35. The molecule has 0 aliphatic carbocycles. The topological polar surface area (TPSA) is 96.7 Å². The van der Waals surface area contributed by atoms with E-state index >= 15 is 0 Å². The van der Waals surface area contributed by atoms with E-state index in [1.807, 2.05) is 26.0 Å². The number of carbonyl (C=O) groups excluding carboxylic acids is 2. The molecule has 0 radical (unpaired) electrons. The van der Waals surface area contributed by atoms with E-state index in [4.69, 9.17) is 4.74 Å². The third-order valence-electron chi connectivity index (χ3n) is 4.69. The van der Waals surface area contributed by atoms with Gasteiger partial charge in [-0.1, -0.05) is 17.7 Å². The number of nitrogens with zero attached hydrogens (tertiary/aromatic N) is 3. The van der Waals surface area contributed by atoms with Crippen molar-refractivity contribution in [1.82, 2.24) is 20.0 Å². The first-order valence-corrected chi connectivity index (χ1v) is 9.35. The Labute approximate surface area is 164 Å². The molecule has 0 fully saturated rings. The average molecular weight is 386 g/mol. The second-order valence-electron chi connectivity index (χ2n) is 7.16. The highest BCUT2D eigenvalue weighted by Crippen LogP contribution is 2.19. The molecule has 0 bridgehead atoms. The Kier molecular flexibility index (Phi) is 5.99. The highest BCUT2D eigenvalue weighted by atomic mass is 16.5. The summed E-state index contributed by atoms with van der Waals surface area (Å²) < 4.78 is 7.18. The molecule has 8 nitrogen and oxygen atoms in total. The highest BCUT2D eigenvalue weighted by molar-refractivity contribution is 5.98. The minimum absolute atomic E-state index is 0.172. The number of aryl methyl sites for hydroxylation is 2. The number of rotatable bonds is 6. The Morgan fingerprint density at radius 1 is 1.39 bits per heavy atom. The maximum atomic E-state index is 12.6. The van der Waals surface area contributed by atoms with Crippen molar-refractivity contribution in [3.05, 3.63) is 46.8 Å². The van der Waals surface area contributed by atoms with Crippen LogP contribution in [0, 0.1) is 13.8 Å². The Morgan fingerprint density at radius 3 is 2.93 bits per heavy atom. The smallest absolute Gasteiger partial charge is 0.274 e. The van der Waals surface area contributed by atoms with Crippen molar-refractivity contribution in [2.45, 2.75) is 32.9 Å². The number of aliphatic hydroxyl groups is 1. The molecule has 2 heterocycles. The average Bonchev–Trinajstić information content (AvgIpc) is 3.02. The van der Waals surface area contributed by atoms with Crippen molar-refractivity contribution in [2.75, 3.05) is 26.7 Å². The molecular formula is C20H26N4O4. The van der Waals surface area contributed by atoms with Gasteiger partial charge in [0.25, 0.3) is 11.8 Å². The maximum absolute atomic E-state index is 12.6. The van der Waals surface area contributed by atoms with Crippen LogP contribution in [0.5, 0.6) is 5.75 Å². The number of benzene rings is 1. The van der Waals surface area contributed by atoms with Crippen LogP contribution >= 0.6 is 0 Å². The van der Waals surface area contributed by atoms with Gasteiger partial charge in [-0.2, -0.15) is 5.10 Å². The van der Waals surface area contributed by atoms with Crippen molar-refractivity contribution in [1.29, 1.82) is 0 Å². The van der Waals surface area contributed by atoms with Crippen LogP contribution in [0.15, 0.2) is 24.3 Å². The van der Waals surface area contributed by atoms with Gasteiger partial charge >= 0.3 is 0 Å². The van der Waals surface area contributed by atoms with Crippen LogP contribution in [-0.2, 0) is 6.54 Å². The molecule has 2 aromatic rings. The molecule has 1 atom stereocenters. The fourth-order valence-corrected chi connectivity index (χ4v) is 3.15. The molecular weight excluding hydrogens is 360 g/mol. The lowest BCUT2D eigenvalue weighted by Gasteiger charge is -2.16. The van der Waals surface area contributed by atoms with E-state index in [-0.39, 0.29) is 36.3 Å². The van der Waals surface area contributed by atoms with Crippen molar-refractivity contribution < 1.29 is 19.4 Å². The van der Waals surface area contributed by atoms with Crippen LogP contribution in [0.2, 0.25) is 0 Å². The summed E-state index contributed by atoms with van der Waals surface area (Å²) in [7, 11) is 1.69. The SMILES string of the molecule is Cc1ccc(OCCCN(C)C(=O)c2cc3n(n2)C[C@@H](O)CNC3=O)c(C)c1. The first kappa shape index (κ1) is 19.9. The fraction of sp³-hybridized carbons (Fsp3) is 0.450. The summed E-state index contributed by atoms with van der Waals surface area (Å²) in [6.07, 6.45) is -0.0596. The van der Waals surface area contributed by atoms with E-state index in [0.29, 0.717) is 19.6 Å². The largest absolute Gasteiger partial charge is 0.493 e. The van der Waals surface area contributed by atoms with Gasteiger partial charge in [-0.25, -0.2) is 0 Å². The van der Waals surface area contributed by atoms with Gasteiger partial charge in [0.1, 0.15) is 11.4 Å². The summed E-state index contributed by atoms with van der Waals surface area (Å²) in [5.41, 5.74) is 2.75. The predicted octanol–water partition coefficient (Wildman–Crippen LogP) is 1.15. The molecule has 1 aromatic heterocycles. The maximum Gasteiger partial charge on any atom is 0.274 e. The third-order valence-corrected chi connectivity index (χ3v) is 4.69. The monoisotopic (exact) mass is 386 g/mol. The summed E-state index contributed by atoms with van der Waals surface area (Å²) in [5, 5.41) is 16.6. The number of β-amino-alcohol motifs (C(OH)–C–C–N with tert-alkyl or cyclic N) is 1. The minimum Gasteiger partial charge on any atom is -0.493 e. The summed E-state index contributed by atoms with van der Waals surface area (Å²) in [6, 6.07) is 7.50. The number of hydrogen-bond donors (Lipinski definition) is 2. The predicted molar refractivity (Wildman–Crippen MR) is 104 cm³/mol. The van der Waals surface area contributed by atoms with Crippen LogP contribution < -0.4 is 10.1 Å². The molecule has 0 unspecified atom stereocenters. The summed E-state index contributed by atoms with van der Waals surface area (Å²) in [4.78, 5) is 26.2. The zero-order valence-corrected chi connectivity index (χ0v) is 16.4. The molecule has 0 saturated carbocycles. The standard InChI is InChI=1S/C20H26N4O4/c1-13-5-6-18(14(2)9-13)28-8-4-7-23(3)20(27)16-10-17-19(26)21-11-15(25)12-24(17)22-16/h5-6,9-10,15,25H,4,7-8,11-12H2,1-3H3,(H,21,26)/t15-/m0/s1. The lowest BCUT2D eigenvalue weighted by molar-refractivity contribution is 0.0779. The fourth-order valence-electron chi connectivity index (χ4n) is 3.15. The van der Waals surface area contributed by atoms with E-state index in [9.17, 15) is 14.7 Å². The van der Waals surface area contributed by atoms with Gasteiger partial charge in [-0.3, -0.25) is 14.3 Å². The molecule has 8 heteroatoms. The van der Waals surface area contributed by atoms with E-state index in [0.717, 1.165) is 11.3 Å². The van der Waals surface area contributed by atoms with Gasteiger partial charge in [0, 0.05) is 26.2 Å². The lowest BCUT2D eigenvalue weighted by Crippen LogP contribution is -2.31. The number of hydrogen-bond acceptors (Lipinski definition) is 5. The molecule has 2 amide bonds. The number of ether oxygens (including phenoxy) is 1. The van der Waals surface area contributed by atoms with E-state index < -0.39 is 6.10 Å². The molecule has 2 N–H and O–H groups in total. The normalized spacial score (nSPS) is 16.1. The van der Waals surface area contributed by atoms with Gasteiger partial charge in [-0.15, -0.1) is 0 Å². The minimum atomic E-state index is -0.729. The number of amides is 2. The molecule has 3 rings (SSSR count). The Morgan fingerprint density at radius 2 is 2.18 bits per heavy atom. The summed E-state index contributed by atoms with van der Waals surface area (Å²) >= 11 is 0. The highest BCUT2D eigenvalue weighted by Gasteiger charge is 2.25. The molecule has 1 aromatic carbocycles. The molecule has 150 valence electrons. The Balaban J connectivity index is 1.54. The third kappa shape index (κ3) is 4.51. The van der Waals surface area contributed by atoms with Crippen LogP contribution in [0.1, 0.15) is 38.5 Å². The van der Waals surface area contributed by atoms with Crippen molar-refractivity contribution in [3.63, 3.8) is 0 Å². The van der Waals surface area contributed by atoms with E-state index in [1.54, 1.807) is 11.9 Å². The van der Waals surface area contributed by atoms with Crippen LogP contribution in [0.3, 0.4) is 0 Å². The Hall–Kier alpha value is -2.87. The van der Waals surface area contributed by atoms with Crippen molar-refractivity contribution >= 4 is 11.8 Å². The second kappa shape index (κ2) is 8.43. The second-order valence-corrected chi connectivity index (χ2v) is 7.16. The molecule has 1 aliphatic heterocycles. The van der Waals surface area contributed by atoms with Crippen LogP contribution in [0.4, 0.5) is 0 Å². The van der Waals surface area contributed by atoms with Gasteiger partial charge in [0.2, 0.25) is 0 Å². The molecule has 0 saturated heterocycles. The number of nitrogens with one attached hydrogen (secondary N) is 1. The van der Waals surface area contributed by atoms with Crippen LogP contribution in [0.25, 0.3) is 0 Å². The zero-order valence-electron chi connectivity index (χ0n) is 16.4. The van der Waals surface area contributed by atoms with Gasteiger partial charge in [0.15, 0.2) is 5.69 Å². The number of aliphatic hydroxyl groups excluding tert-OH is 1. The lowest BCUT2D eigenvalue weighted by atomic mass is 10.1. The molecule has 0 spiro atoms. The first-order chi connectivity index (χ1) is 13.3. The zero-order chi connectivity index (χ0) is 20.3. The quantitative estimate of drug-likeness (QED) is 0.726. The summed E-state index contributed by atoms with van der Waals surface area (Å²) in [5.74, 6) is 0.240. The molecule has 1 aliphatic rings. The van der Waals surface area contributed by atoms with E-state index in [1.165, 1.54) is 16.3 Å². The van der Waals surface area contributed by atoms with Gasteiger partial charge < -0.3 is 20.1 Å². The van der Waals surface area contributed by atoms with Crippen molar-refractivity contribution in [2.24, 2.45) is 0 Å². The Bertz CT molecular complexity index is 877. The van der Waals surface area contributed by atoms with E-state index in [2.05, 4.69) is 16.5 Å². The van der Waals surface area contributed by atoms with Gasteiger partial charge in [-0.05, 0) is 31.9 Å². The summed E-state index contributed by atoms with van der Waals surface area (Å²) in [6.45, 7) is 5.39. The molecule has 28 heavy (non-hydrogen) atoms. The number of carbonyl (C=O) groups is 2.